The van der Waals surface area contributed by atoms with Gasteiger partial charge in [0.1, 0.15) is 17.7 Å². The number of hydrogen-bond donors (Lipinski definition) is 2. The van der Waals surface area contributed by atoms with Crippen LogP contribution in [0.5, 0.6) is 0 Å². The van der Waals surface area contributed by atoms with Crippen LogP contribution in [0.3, 0.4) is 0 Å². The lowest BCUT2D eigenvalue weighted by molar-refractivity contribution is -0.141. The molecule has 346 valence electrons. The number of piperazine rings is 1. The van der Waals surface area contributed by atoms with Gasteiger partial charge in [-0.15, -0.1) is 22.7 Å². The molecule has 6 aromatic rings. The number of β-amino-alcohol motifs (C(OH)–C–C–N with tert-alkyl or cyclic N) is 1. The number of aliphatic hydroxyl groups is 1. The molecule has 3 fully saturated rings. The third-order valence-electron chi connectivity index (χ3n) is 13.4. The fourth-order valence-electron chi connectivity index (χ4n) is 9.53. The summed E-state index contributed by atoms with van der Waals surface area (Å²) in [6.45, 7) is 14.7. The number of anilines is 2. The van der Waals surface area contributed by atoms with E-state index in [9.17, 15) is 14.7 Å². The number of rotatable bonds is 15. The van der Waals surface area contributed by atoms with Crippen molar-refractivity contribution in [1.82, 2.24) is 35.4 Å². The molecule has 0 bridgehead atoms. The summed E-state index contributed by atoms with van der Waals surface area (Å²) in [5.41, 5.74) is 8.03. The number of carbonyl (C=O) groups is 2. The van der Waals surface area contributed by atoms with Gasteiger partial charge in [-0.3, -0.25) is 14.5 Å². The van der Waals surface area contributed by atoms with Crippen LogP contribution in [0.1, 0.15) is 86.7 Å². The molecule has 9 rings (SSSR count). The van der Waals surface area contributed by atoms with Gasteiger partial charge in [0.15, 0.2) is 22.3 Å². The third kappa shape index (κ3) is 10.5. The molecule has 16 heteroatoms. The second kappa shape index (κ2) is 20.5. The van der Waals surface area contributed by atoms with Gasteiger partial charge >= 0.3 is 0 Å². The van der Waals surface area contributed by atoms with Crippen LogP contribution in [0.2, 0.25) is 0 Å². The highest BCUT2D eigenvalue weighted by Crippen LogP contribution is 2.34. The first-order valence-corrected chi connectivity index (χ1v) is 24.9. The number of amides is 2. The number of hydrogen-bond acceptors (Lipinski definition) is 14. The number of aromatic nitrogens is 4. The number of likely N-dealkylation sites (tertiary alicyclic amines) is 1. The monoisotopic (exact) mass is 929 g/mol. The summed E-state index contributed by atoms with van der Waals surface area (Å²) < 4.78 is 11.4. The van der Waals surface area contributed by atoms with Crippen molar-refractivity contribution in [3.63, 3.8) is 0 Å². The Morgan fingerprint density at radius 1 is 0.894 bits per heavy atom. The second-order valence-electron chi connectivity index (χ2n) is 18.3. The number of benzene rings is 2. The van der Waals surface area contributed by atoms with E-state index in [2.05, 4.69) is 70.6 Å². The number of thiazole rings is 2. The van der Waals surface area contributed by atoms with E-state index >= 15 is 0 Å². The van der Waals surface area contributed by atoms with Crippen molar-refractivity contribution in [3.8, 4) is 21.2 Å². The topological polar surface area (TPSA) is 157 Å². The Morgan fingerprint density at radius 3 is 2.36 bits per heavy atom. The van der Waals surface area contributed by atoms with Gasteiger partial charge in [-0.05, 0) is 86.4 Å². The molecule has 0 saturated carbocycles. The Morgan fingerprint density at radius 2 is 1.67 bits per heavy atom. The molecule has 4 atom stereocenters. The molecule has 14 nitrogen and oxygen atoms in total. The van der Waals surface area contributed by atoms with E-state index in [-0.39, 0.29) is 36.7 Å². The highest BCUT2D eigenvalue weighted by atomic mass is 32.1. The number of nitrogens with zero attached hydrogens (tertiary/aromatic N) is 8. The molecule has 66 heavy (non-hydrogen) atoms. The minimum absolute atomic E-state index is 0.0920. The lowest BCUT2D eigenvalue weighted by Crippen LogP contribution is -2.48. The first-order valence-electron chi connectivity index (χ1n) is 23.2. The largest absolute Gasteiger partial charge is 0.391 e. The van der Waals surface area contributed by atoms with Crippen LogP contribution in [0.15, 0.2) is 86.8 Å². The van der Waals surface area contributed by atoms with Gasteiger partial charge < -0.3 is 34.2 Å². The molecule has 0 aliphatic carbocycles. The zero-order valence-electron chi connectivity index (χ0n) is 38.1. The molecule has 0 spiro atoms. The Labute approximate surface area is 394 Å². The van der Waals surface area contributed by atoms with Gasteiger partial charge in [0.2, 0.25) is 11.8 Å². The van der Waals surface area contributed by atoms with Crippen LogP contribution >= 0.6 is 22.7 Å². The van der Waals surface area contributed by atoms with Crippen LogP contribution in [0.4, 0.5) is 11.5 Å². The predicted molar refractivity (Wildman–Crippen MR) is 260 cm³/mol. The molecule has 3 saturated heterocycles. The maximum atomic E-state index is 14.3. The van der Waals surface area contributed by atoms with Crippen LogP contribution in [-0.4, -0.2) is 112 Å². The van der Waals surface area contributed by atoms with Crippen LogP contribution in [0, 0.1) is 18.8 Å². The summed E-state index contributed by atoms with van der Waals surface area (Å²) in [5, 5.41) is 25.2. The lowest BCUT2D eigenvalue weighted by Gasteiger charge is -2.37. The molecule has 3 aliphatic rings. The maximum Gasteiger partial charge on any atom is 0.243 e. The standard InChI is InChI=1S/C50H59N9O5S2/c1-32(2)46(50(62)59-30-41(60)28-42(59)48(61)53-33(3)37-8-10-38(11-9-37)47-34(4)52-31-66-47)43-29-45(55-63-43)58-24-22-56(23-25-58)19-15-36-16-20-57(21-17-36)40-13-6-35(7-14-40)5-12-39-27-44(64-54-39)49-51-18-26-65-49/h5-14,18,26-27,29,31-33,36,41-42,46,60H,15-17,19-25,28,30H2,1-4H3,(H,53,61)/b12-5+/t33-,41+,42-,46?/m0/s1. The van der Waals surface area contributed by atoms with E-state index in [1.807, 2.05) is 81.1 Å². The molecule has 0 radical (unpaired) electrons. The van der Waals surface area contributed by atoms with E-state index < -0.39 is 18.1 Å². The quantitative estimate of drug-likeness (QED) is 0.102. The number of nitrogens with one attached hydrogen (secondary N) is 1. The molecule has 3 aliphatic heterocycles. The Hall–Kier alpha value is -5.68. The van der Waals surface area contributed by atoms with Gasteiger partial charge in [0.25, 0.3) is 0 Å². The fourth-order valence-corrected chi connectivity index (χ4v) is 10.9. The minimum atomic E-state index is -0.793. The molecule has 2 aromatic carbocycles. The van der Waals surface area contributed by atoms with Crippen LogP contribution in [0.25, 0.3) is 33.4 Å². The Kier molecular flexibility index (Phi) is 14.1. The van der Waals surface area contributed by atoms with Gasteiger partial charge in [-0.2, -0.15) is 0 Å². The second-order valence-corrected chi connectivity index (χ2v) is 20.0. The van der Waals surface area contributed by atoms with E-state index in [1.165, 1.54) is 41.2 Å². The van der Waals surface area contributed by atoms with E-state index in [4.69, 9.17) is 9.05 Å². The van der Waals surface area contributed by atoms with E-state index in [0.717, 1.165) is 89.6 Å². The molecular weight excluding hydrogens is 871 g/mol. The van der Waals surface area contributed by atoms with Crippen molar-refractivity contribution in [2.45, 2.75) is 77.5 Å². The summed E-state index contributed by atoms with van der Waals surface area (Å²) in [6.07, 6.45) is 8.75. The average Bonchev–Trinajstić information content (AvgIpc) is 4.20. The zero-order valence-corrected chi connectivity index (χ0v) is 39.7. The SMILES string of the molecule is Cc1ncsc1-c1ccc([C@H](C)NC(=O)[C@@H]2C[C@@H](O)CN2C(=O)C(c2cc(N3CCN(CCC4CCN(c5ccc(/C=C/c6cc(-c7nccs7)on6)cc5)CC4)CC3)no2)C(C)C)cc1. The number of aryl methyl sites for hydroxylation is 1. The minimum Gasteiger partial charge on any atom is -0.391 e. The van der Waals surface area contributed by atoms with Crippen LogP contribution < -0.4 is 15.1 Å². The smallest absolute Gasteiger partial charge is 0.243 e. The fraction of sp³-hybridized carbons (Fsp3) is 0.440. The van der Waals surface area contributed by atoms with Gasteiger partial charge in [-0.1, -0.05) is 66.6 Å². The zero-order chi connectivity index (χ0) is 45.7. The van der Waals surface area contributed by atoms with E-state index in [1.54, 1.807) is 17.5 Å². The molecule has 2 amide bonds. The van der Waals surface area contributed by atoms with Crippen molar-refractivity contribution < 1.29 is 23.7 Å². The lowest BCUT2D eigenvalue weighted by atomic mass is 9.91. The molecular formula is C50H59N9O5S2. The first-order chi connectivity index (χ1) is 32.1. The van der Waals surface area contributed by atoms with Crippen molar-refractivity contribution in [1.29, 1.82) is 0 Å². The Balaban J connectivity index is 0.719. The van der Waals surface area contributed by atoms with Crippen molar-refractivity contribution in [2.75, 3.05) is 62.2 Å². The Bertz CT molecular complexity index is 2550. The highest BCUT2D eigenvalue weighted by molar-refractivity contribution is 7.13. The van der Waals surface area contributed by atoms with E-state index in [0.29, 0.717) is 17.4 Å². The molecule has 1 unspecified atom stereocenters. The first kappa shape index (κ1) is 45.5. The average molecular weight is 930 g/mol. The highest BCUT2D eigenvalue weighted by Gasteiger charge is 2.43. The third-order valence-corrected chi connectivity index (χ3v) is 15.2. The molecule has 2 N–H and O–H groups in total. The summed E-state index contributed by atoms with van der Waals surface area (Å²) in [4.78, 5) is 46.7. The summed E-state index contributed by atoms with van der Waals surface area (Å²) >= 11 is 3.13. The number of piperidine rings is 1. The van der Waals surface area contributed by atoms with Crippen LogP contribution in [-0.2, 0) is 9.59 Å². The van der Waals surface area contributed by atoms with Gasteiger partial charge in [-0.25, -0.2) is 9.97 Å². The maximum absolute atomic E-state index is 14.3. The van der Waals surface area contributed by atoms with Gasteiger partial charge in [0.05, 0.1) is 28.2 Å². The summed E-state index contributed by atoms with van der Waals surface area (Å²) in [7, 11) is 0. The number of carbonyl (C=O) groups excluding carboxylic acids is 2. The van der Waals surface area contributed by atoms with Crippen molar-refractivity contribution in [2.24, 2.45) is 11.8 Å². The predicted octanol–water partition coefficient (Wildman–Crippen LogP) is 8.40. The van der Waals surface area contributed by atoms with Gasteiger partial charge in [0, 0.05) is 81.6 Å². The normalized spacial score (nSPS) is 19.6. The summed E-state index contributed by atoms with van der Waals surface area (Å²) in [6, 6.07) is 19.6. The molecule has 4 aromatic heterocycles. The van der Waals surface area contributed by atoms with Crippen molar-refractivity contribution in [3.05, 3.63) is 106 Å². The number of aliphatic hydroxyl groups excluding tert-OH is 1. The summed E-state index contributed by atoms with van der Waals surface area (Å²) in [5.74, 6) is 1.34. The molecule has 7 heterocycles. The van der Waals surface area contributed by atoms with Crippen molar-refractivity contribution >= 4 is 58.1 Å².